The minimum atomic E-state index is -4.54. The van der Waals surface area contributed by atoms with E-state index in [1.165, 1.54) is 0 Å². The van der Waals surface area contributed by atoms with Crippen LogP contribution in [0, 0.1) is 11.2 Å². The number of rotatable bonds is 1. The number of benzene rings is 1. The van der Waals surface area contributed by atoms with E-state index >= 15 is 0 Å². The summed E-state index contributed by atoms with van der Waals surface area (Å²) in [5.41, 5.74) is 4.50. The van der Waals surface area contributed by atoms with Gasteiger partial charge in [0, 0.05) is 11.6 Å². The number of hydrogen-bond donors (Lipinski definition) is 1. The molecular weight excluding hydrogens is 234 g/mol. The second-order valence-electron chi connectivity index (χ2n) is 5.08. The largest absolute Gasteiger partial charge is 0.416 e. The van der Waals surface area contributed by atoms with Crippen molar-refractivity contribution in [2.75, 3.05) is 0 Å². The molecule has 17 heavy (non-hydrogen) atoms. The first kappa shape index (κ1) is 14.0. The summed E-state index contributed by atoms with van der Waals surface area (Å²) in [7, 11) is 0. The maximum atomic E-state index is 13.6. The van der Waals surface area contributed by atoms with Crippen LogP contribution in [0.5, 0.6) is 0 Å². The Morgan fingerprint density at radius 3 is 2.00 bits per heavy atom. The Kier molecular flexibility index (Phi) is 3.52. The van der Waals surface area contributed by atoms with E-state index in [4.69, 9.17) is 5.73 Å². The molecule has 0 amide bonds. The first-order valence-electron chi connectivity index (χ1n) is 5.15. The topological polar surface area (TPSA) is 26.0 Å². The number of hydrogen-bond acceptors (Lipinski definition) is 1. The van der Waals surface area contributed by atoms with Crippen LogP contribution < -0.4 is 5.73 Å². The molecule has 0 radical (unpaired) electrons. The molecule has 0 bridgehead atoms. The van der Waals surface area contributed by atoms with Gasteiger partial charge in [0.2, 0.25) is 0 Å². The molecule has 1 aromatic rings. The Labute approximate surface area is 97.6 Å². The van der Waals surface area contributed by atoms with Crippen molar-refractivity contribution in [1.29, 1.82) is 0 Å². The maximum Gasteiger partial charge on any atom is 0.416 e. The molecule has 0 aliphatic rings. The van der Waals surface area contributed by atoms with Crippen molar-refractivity contribution in [2.24, 2.45) is 11.1 Å². The van der Waals surface area contributed by atoms with E-state index in [2.05, 4.69) is 0 Å². The lowest BCUT2D eigenvalue weighted by molar-refractivity contribution is -0.137. The van der Waals surface area contributed by atoms with Crippen molar-refractivity contribution in [3.8, 4) is 0 Å². The van der Waals surface area contributed by atoms with Crippen LogP contribution in [-0.4, -0.2) is 0 Å². The van der Waals surface area contributed by atoms with Crippen molar-refractivity contribution in [3.05, 3.63) is 35.1 Å². The van der Waals surface area contributed by atoms with Gasteiger partial charge in [0.25, 0.3) is 0 Å². The average Bonchev–Trinajstić information content (AvgIpc) is 2.13. The molecule has 2 N–H and O–H groups in total. The molecule has 0 fully saturated rings. The molecule has 0 heterocycles. The first-order chi connectivity index (χ1) is 7.53. The van der Waals surface area contributed by atoms with Gasteiger partial charge in [-0.3, -0.25) is 0 Å². The Morgan fingerprint density at radius 1 is 1.12 bits per heavy atom. The maximum absolute atomic E-state index is 13.6. The lowest BCUT2D eigenvalue weighted by atomic mass is 9.82. The standard InChI is InChI=1S/C12H15F4N/c1-11(2,3)10(17)8-5-4-7(6-9(8)13)12(14,15)16/h4-6,10H,17H2,1-3H3/t10-/m0/s1. The molecule has 0 saturated carbocycles. The lowest BCUT2D eigenvalue weighted by Gasteiger charge is -2.27. The third-order valence-electron chi connectivity index (χ3n) is 2.60. The first-order valence-corrected chi connectivity index (χ1v) is 5.15. The van der Waals surface area contributed by atoms with Crippen LogP contribution in [0.1, 0.15) is 37.9 Å². The molecule has 0 aromatic heterocycles. The lowest BCUT2D eigenvalue weighted by Crippen LogP contribution is -2.27. The molecule has 0 unspecified atom stereocenters. The van der Waals surface area contributed by atoms with E-state index in [1.54, 1.807) is 20.8 Å². The van der Waals surface area contributed by atoms with E-state index in [0.717, 1.165) is 12.1 Å². The summed E-state index contributed by atoms with van der Waals surface area (Å²) in [6, 6.07) is 1.80. The predicted molar refractivity (Wildman–Crippen MR) is 57.8 cm³/mol. The van der Waals surface area contributed by atoms with Crippen molar-refractivity contribution >= 4 is 0 Å². The van der Waals surface area contributed by atoms with E-state index in [9.17, 15) is 17.6 Å². The quantitative estimate of drug-likeness (QED) is 0.751. The summed E-state index contributed by atoms with van der Waals surface area (Å²) in [4.78, 5) is 0. The molecule has 1 aromatic carbocycles. The van der Waals surface area contributed by atoms with Crippen LogP contribution in [-0.2, 0) is 6.18 Å². The number of nitrogens with two attached hydrogens (primary N) is 1. The fourth-order valence-corrected chi connectivity index (χ4v) is 1.42. The second kappa shape index (κ2) is 4.29. The zero-order chi connectivity index (χ0) is 13.4. The summed E-state index contributed by atoms with van der Waals surface area (Å²) in [6.07, 6.45) is -4.54. The van der Waals surface area contributed by atoms with Gasteiger partial charge in [-0.25, -0.2) is 4.39 Å². The summed E-state index contributed by atoms with van der Waals surface area (Å²) in [5.74, 6) is -0.915. The van der Waals surface area contributed by atoms with E-state index < -0.39 is 29.0 Å². The molecule has 1 atom stereocenters. The third-order valence-corrected chi connectivity index (χ3v) is 2.60. The highest BCUT2D eigenvalue weighted by Gasteiger charge is 2.32. The highest BCUT2D eigenvalue weighted by molar-refractivity contribution is 5.29. The highest BCUT2D eigenvalue weighted by atomic mass is 19.4. The predicted octanol–water partition coefficient (Wildman–Crippen LogP) is 3.89. The minimum absolute atomic E-state index is 0.102. The van der Waals surface area contributed by atoms with Gasteiger partial charge in [-0.1, -0.05) is 26.8 Å². The zero-order valence-corrected chi connectivity index (χ0v) is 9.90. The van der Waals surface area contributed by atoms with E-state index in [0.29, 0.717) is 6.07 Å². The summed E-state index contributed by atoms with van der Waals surface area (Å²) in [5, 5.41) is 0. The van der Waals surface area contributed by atoms with Gasteiger partial charge in [0.15, 0.2) is 0 Å². The Hall–Kier alpha value is -1.10. The summed E-state index contributed by atoms with van der Waals surface area (Å²) in [6.45, 7) is 5.40. The normalized spacial score (nSPS) is 14.8. The molecule has 1 rings (SSSR count). The van der Waals surface area contributed by atoms with Crippen LogP contribution >= 0.6 is 0 Å². The van der Waals surface area contributed by atoms with Crippen LogP contribution in [0.15, 0.2) is 18.2 Å². The van der Waals surface area contributed by atoms with Gasteiger partial charge >= 0.3 is 6.18 Å². The van der Waals surface area contributed by atoms with Crippen molar-refractivity contribution in [3.63, 3.8) is 0 Å². The monoisotopic (exact) mass is 249 g/mol. The second-order valence-corrected chi connectivity index (χ2v) is 5.08. The molecule has 0 saturated heterocycles. The highest BCUT2D eigenvalue weighted by Crippen LogP contribution is 2.35. The SMILES string of the molecule is CC(C)(C)[C@@H](N)c1ccc(C(F)(F)F)cc1F. The van der Waals surface area contributed by atoms with Crippen LogP contribution in [0.25, 0.3) is 0 Å². The number of alkyl halides is 3. The van der Waals surface area contributed by atoms with E-state index in [-0.39, 0.29) is 5.56 Å². The average molecular weight is 249 g/mol. The minimum Gasteiger partial charge on any atom is -0.323 e. The molecule has 0 aliphatic carbocycles. The molecule has 96 valence electrons. The van der Waals surface area contributed by atoms with Crippen LogP contribution in [0.2, 0.25) is 0 Å². The van der Waals surface area contributed by atoms with Gasteiger partial charge in [-0.15, -0.1) is 0 Å². The molecule has 1 nitrogen and oxygen atoms in total. The van der Waals surface area contributed by atoms with Crippen molar-refractivity contribution in [1.82, 2.24) is 0 Å². The molecule has 0 aliphatic heterocycles. The zero-order valence-electron chi connectivity index (χ0n) is 9.90. The smallest absolute Gasteiger partial charge is 0.323 e. The van der Waals surface area contributed by atoms with Crippen LogP contribution in [0.4, 0.5) is 17.6 Å². The van der Waals surface area contributed by atoms with Gasteiger partial charge in [-0.2, -0.15) is 13.2 Å². The van der Waals surface area contributed by atoms with Crippen molar-refractivity contribution in [2.45, 2.75) is 33.0 Å². The summed E-state index contributed by atoms with van der Waals surface area (Å²) < 4.78 is 50.6. The Morgan fingerprint density at radius 2 is 1.65 bits per heavy atom. The fraction of sp³-hybridized carbons (Fsp3) is 0.500. The Balaban J connectivity index is 3.15. The van der Waals surface area contributed by atoms with Crippen LogP contribution in [0.3, 0.4) is 0 Å². The molecule has 0 spiro atoms. The van der Waals surface area contributed by atoms with Crippen molar-refractivity contribution < 1.29 is 17.6 Å². The number of halogens is 4. The van der Waals surface area contributed by atoms with Gasteiger partial charge in [-0.05, 0) is 17.5 Å². The molecular formula is C12H15F4N. The molecule has 5 heteroatoms. The third kappa shape index (κ3) is 3.19. The summed E-state index contributed by atoms with van der Waals surface area (Å²) >= 11 is 0. The fourth-order valence-electron chi connectivity index (χ4n) is 1.42. The van der Waals surface area contributed by atoms with Gasteiger partial charge < -0.3 is 5.73 Å². The Bertz CT molecular complexity index is 404. The van der Waals surface area contributed by atoms with E-state index in [1.807, 2.05) is 0 Å². The van der Waals surface area contributed by atoms with Gasteiger partial charge in [0.05, 0.1) is 5.56 Å². The van der Waals surface area contributed by atoms with Gasteiger partial charge in [0.1, 0.15) is 5.82 Å².